The van der Waals surface area contributed by atoms with Gasteiger partial charge in [0.25, 0.3) is 5.91 Å². The molecule has 1 atom stereocenters. The van der Waals surface area contributed by atoms with Crippen molar-refractivity contribution in [1.29, 1.82) is 0 Å². The molecule has 1 saturated heterocycles. The highest BCUT2D eigenvalue weighted by Crippen LogP contribution is 2.31. The predicted octanol–water partition coefficient (Wildman–Crippen LogP) is 4.68. The lowest BCUT2D eigenvalue weighted by Crippen LogP contribution is -2.45. The Bertz CT molecular complexity index is 1150. The summed E-state index contributed by atoms with van der Waals surface area (Å²) in [5.41, 5.74) is 5.70. The monoisotopic (exact) mass is 432 g/mol. The maximum Gasteiger partial charge on any atom is 0.276 e. The second-order valence-electron chi connectivity index (χ2n) is 9.43. The molecule has 1 unspecified atom stereocenters. The summed E-state index contributed by atoms with van der Waals surface area (Å²) in [6.07, 6.45) is 8.41. The fourth-order valence-corrected chi connectivity index (χ4v) is 4.71. The summed E-state index contributed by atoms with van der Waals surface area (Å²) >= 11 is 0. The van der Waals surface area contributed by atoms with Crippen LogP contribution < -0.4 is 4.74 Å². The molecule has 32 heavy (non-hydrogen) atoms. The van der Waals surface area contributed by atoms with Crippen LogP contribution in [-0.4, -0.2) is 44.4 Å². The first-order chi connectivity index (χ1) is 15.5. The highest BCUT2D eigenvalue weighted by molar-refractivity contribution is 5.95. The zero-order valence-corrected chi connectivity index (χ0v) is 19.3. The Labute approximate surface area is 189 Å². The van der Waals surface area contributed by atoms with Gasteiger partial charge < -0.3 is 14.0 Å². The lowest BCUT2D eigenvalue weighted by atomic mass is 9.96. The van der Waals surface area contributed by atoms with E-state index in [1.165, 1.54) is 18.4 Å². The van der Waals surface area contributed by atoms with Gasteiger partial charge in [-0.1, -0.05) is 6.07 Å². The standard InChI is InChI=1S/C26H32N4O2/c1-17-7-6-14-29-19(3)22(28-25(17)29)15-21-8-4-5-13-30(21)26(31)24-23(12-9-18(2)27-24)32-16-20-10-11-20/h6-7,9,12,14,20-21H,4-5,8,10-11,13,15-16H2,1-3H3. The Morgan fingerprint density at radius 1 is 1.09 bits per heavy atom. The number of carbonyl (C=O) groups is 1. The molecule has 0 bridgehead atoms. The molecule has 6 heteroatoms. The molecular formula is C26H32N4O2. The minimum atomic E-state index is -0.0122. The van der Waals surface area contributed by atoms with E-state index in [0.717, 1.165) is 55.0 Å². The molecule has 0 radical (unpaired) electrons. The Kier molecular flexibility index (Phi) is 5.62. The van der Waals surface area contributed by atoms with Gasteiger partial charge in [0.15, 0.2) is 11.4 Å². The number of carbonyl (C=O) groups excluding carboxylic acids is 1. The Hall–Kier alpha value is -2.89. The van der Waals surface area contributed by atoms with E-state index in [0.29, 0.717) is 24.0 Å². The topological polar surface area (TPSA) is 59.7 Å². The van der Waals surface area contributed by atoms with Gasteiger partial charge in [-0.2, -0.15) is 0 Å². The summed E-state index contributed by atoms with van der Waals surface area (Å²) in [5.74, 6) is 1.24. The first-order valence-electron chi connectivity index (χ1n) is 11.9. The molecule has 1 aliphatic heterocycles. The van der Waals surface area contributed by atoms with E-state index in [9.17, 15) is 4.79 Å². The summed E-state index contributed by atoms with van der Waals surface area (Å²) in [5, 5.41) is 0. The van der Waals surface area contributed by atoms with Crippen molar-refractivity contribution in [2.75, 3.05) is 13.2 Å². The maximum atomic E-state index is 13.7. The molecule has 4 heterocycles. The molecule has 168 valence electrons. The summed E-state index contributed by atoms with van der Waals surface area (Å²) in [6.45, 7) is 7.57. The molecule has 3 aromatic rings. The molecule has 1 aliphatic carbocycles. The van der Waals surface area contributed by atoms with Crippen LogP contribution in [0.25, 0.3) is 5.65 Å². The van der Waals surface area contributed by atoms with Crippen molar-refractivity contribution < 1.29 is 9.53 Å². The van der Waals surface area contributed by atoms with Gasteiger partial charge in [0.2, 0.25) is 0 Å². The molecule has 5 rings (SSSR count). The van der Waals surface area contributed by atoms with Crippen LogP contribution in [0.1, 0.15) is 65.2 Å². The number of amides is 1. The molecule has 2 aliphatic rings. The van der Waals surface area contributed by atoms with Crippen molar-refractivity contribution in [3.05, 3.63) is 58.8 Å². The van der Waals surface area contributed by atoms with Crippen LogP contribution in [-0.2, 0) is 6.42 Å². The van der Waals surface area contributed by atoms with E-state index in [4.69, 9.17) is 9.72 Å². The number of rotatable bonds is 6. The SMILES string of the molecule is Cc1ccc(OCC2CC2)c(C(=O)N2CCCCC2Cc2nc3c(C)cccn3c2C)n1. The van der Waals surface area contributed by atoms with Crippen molar-refractivity contribution in [2.45, 2.75) is 65.3 Å². The van der Waals surface area contributed by atoms with Gasteiger partial charge in [-0.3, -0.25) is 4.79 Å². The smallest absolute Gasteiger partial charge is 0.276 e. The predicted molar refractivity (Wildman–Crippen MR) is 124 cm³/mol. The van der Waals surface area contributed by atoms with Crippen LogP contribution in [0.5, 0.6) is 5.75 Å². The van der Waals surface area contributed by atoms with E-state index in [1.807, 2.05) is 24.0 Å². The van der Waals surface area contributed by atoms with Gasteiger partial charge in [0.1, 0.15) is 5.65 Å². The highest BCUT2D eigenvalue weighted by atomic mass is 16.5. The lowest BCUT2D eigenvalue weighted by molar-refractivity contribution is 0.0601. The number of likely N-dealkylation sites (tertiary alicyclic amines) is 1. The zero-order valence-electron chi connectivity index (χ0n) is 19.3. The first-order valence-corrected chi connectivity index (χ1v) is 11.9. The van der Waals surface area contributed by atoms with Gasteiger partial charge >= 0.3 is 0 Å². The second-order valence-corrected chi connectivity index (χ2v) is 9.43. The third-order valence-corrected chi connectivity index (χ3v) is 6.87. The van der Waals surface area contributed by atoms with E-state index in [-0.39, 0.29) is 11.9 Å². The van der Waals surface area contributed by atoms with Crippen LogP contribution >= 0.6 is 0 Å². The number of aryl methyl sites for hydroxylation is 3. The molecule has 0 N–H and O–H groups in total. The number of fused-ring (bicyclic) bond motifs is 1. The summed E-state index contributed by atoms with van der Waals surface area (Å²) in [6, 6.07) is 8.11. The molecular weight excluding hydrogens is 400 g/mol. The Morgan fingerprint density at radius 3 is 2.72 bits per heavy atom. The fraction of sp³-hybridized carbons (Fsp3) is 0.500. The van der Waals surface area contributed by atoms with Crippen molar-refractivity contribution in [1.82, 2.24) is 19.3 Å². The maximum absolute atomic E-state index is 13.7. The van der Waals surface area contributed by atoms with E-state index in [1.54, 1.807) is 0 Å². The van der Waals surface area contributed by atoms with Gasteiger partial charge in [-0.15, -0.1) is 0 Å². The highest BCUT2D eigenvalue weighted by Gasteiger charge is 2.32. The molecule has 2 fully saturated rings. The quantitative estimate of drug-likeness (QED) is 0.567. The molecule has 0 aromatic carbocycles. The van der Waals surface area contributed by atoms with Crippen LogP contribution in [0.4, 0.5) is 0 Å². The van der Waals surface area contributed by atoms with Gasteiger partial charge in [-0.25, -0.2) is 9.97 Å². The van der Waals surface area contributed by atoms with Crippen molar-refractivity contribution >= 4 is 11.6 Å². The van der Waals surface area contributed by atoms with Gasteiger partial charge in [-0.05, 0) is 82.6 Å². The third kappa shape index (κ3) is 4.10. The minimum absolute atomic E-state index is 0.0122. The van der Waals surface area contributed by atoms with E-state index >= 15 is 0 Å². The van der Waals surface area contributed by atoms with Crippen LogP contribution in [0, 0.1) is 26.7 Å². The van der Waals surface area contributed by atoms with Crippen molar-refractivity contribution in [3.63, 3.8) is 0 Å². The average Bonchev–Trinajstić information content (AvgIpc) is 3.57. The second kappa shape index (κ2) is 8.57. The first kappa shape index (κ1) is 21.0. The number of nitrogens with zero attached hydrogens (tertiary/aromatic N) is 4. The molecule has 6 nitrogen and oxygen atoms in total. The zero-order chi connectivity index (χ0) is 22.2. The molecule has 1 amide bonds. The molecule has 1 saturated carbocycles. The Balaban J connectivity index is 1.41. The summed E-state index contributed by atoms with van der Waals surface area (Å²) < 4.78 is 8.19. The third-order valence-electron chi connectivity index (χ3n) is 6.87. The van der Waals surface area contributed by atoms with Gasteiger partial charge in [0.05, 0.1) is 12.3 Å². The number of ether oxygens (including phenoxy) is 1. The number of imidazole rings is 1. The number of hydrogen-bond acceptors (Lipinski definition) is 4. The normalized spacial score (nSPS) is 18.8. The van der Waals surface area contributed by atoms with Crippen molar-refractivity contribution in [2.24, 2.45) is 5.92 Å². The molecule has 0 spiro atoms. The fourth-order valence-electron chi connectivity index (χ4n) is 4.71. The van der Waals surface area contributed by atoms with E-state index in [2.05, 4.69) is 41.6 Å². The minimum Gasteiger partial charge on any atom is -0.491 e. The number of pyridine rings is 2. The van der Waals surface area contributed by atoms with E-state index < -0.39 is 0 Å². The Morgan fingerprint density at radius 2 is 1.94 bits per heavy atom. The van der Waals surface area contributed by atoms with Crippen LogP contribution in [0.2, 0.25) is 0 Å². The average molecular weight is 433 g/mol. The summed E-state index contributed by atoms with van der Waals surface area (Å²) in [7, 11) is 0. The van der Waals surface area contributed by atoms with Gasteiger partial charge in [0, 0.05) is 36.6 Å². The number of piperidine rings is 1. The van der Waals surface area contributed by atoms with Crippen LogP contribution in [0.15, 0.2) is 30.5 Å². The number of aromatic nitrogens is 3. The lowest BCUT2D eigenvalue weighted by Gasteiger charge is -2.35. The number of hydrogen-bond donors (Lipinski definition) is 0. The van der Waals surface area contributed by atoms with Crippen molar-refractivity contribution in [3.8, 4) is 5.75 Å². The largest absolute Gasteiger partial charge is 0.491 e. The summed E-state index contributed by atoms with van der Waals surface area (Å²) in [4.78, 5) is 25.3. The molecule has 3 aromatic heterocycles. The van der Waals surface area contributed by atoms with Crippen LogP contribution in [0.3, 0.4) is 0 Å².